The number of halogens is 1. The zero-order valence-electron chi connectivity index (χ0n) is 13.5. The normalized spacial score (nSPS) is 10.7. The van der Waals surface area contributed by atoms with Crippen molar-refractivity contribution in [2.75, 3.05) is 19.5 Å². The Bertz CT molecular complexity index is 657. The monoisotopic (exact) mass is 427 g/mol. The number of benzene rings is 2. The van der Waals surface area contributed by atoms with Crippen LogP contribution in [0.5, 0.6) is 11.5 Å². The van der Waals surface area contributed by atoms with E-state index in [0.29, 0.717) is 24.0 Å². The zero-order valence-corrected chi connectivity index (χ0v) is 15.8. The van der Waals surface area contributed by atoms with E-state index < -0.39 is 0 Å². The van der Waals surface area contributed by atoms with Crippen molar-refractivity contribution in [2.24, 2.45) is 10.7 Å². The van der Waals surface area contributed by atoms with Crippen molar-refractivity contribution in [2.45, 2.75) is 13.5 Å². The van der Waals surface area contributed by atoms with Crippen molar-refractivity contribution in [3.8, 4) is 11.5 Å². The lowest BCUT2D eigenvalue weighted by Crippen LogP contribution is -2.22. The zero-order chi connectivity index (χ0) is 15.9. The molecule has 0 spiro atoms. The molecule has 0 saturated carbocycles. The predicted octanol–water partition coefficient (Wildman–Crippen LogP) is 3.56. The highest BCUT2D eigenvalue weighted by atomic mass is 127. The van der Waals surface area contributed by atoms with Crippen molar-refractivity contribution in [3.05, 3.63) is 53.6 Å². The lowest BCUT2D eigenvalue weighted by molar-refractivity contribution is 0.355. The van der Waals surface area contributed by atoms with Gasteiger partial charge in [-0.1, -0.05) is 29.8 Å². The second-order valence-electron chi connectivity index (χ2n) is 4.88. The number of methoxy groups -OCH3 is 2. The molecule has 0 radical (unpaired) electrons. The van der Waals surface area contributed by atoms with Crippen LogP contribution in [0.3, 0.4) is 0 Å². The van der Waals surface area contributed by atoms with Crippen molar-refractivity contribution < 1.29 is 9.47 Å². The van der Waals surface area contributed by atoms with Gasteiger partial charge in [0.1, 0.15) is 0 Å². The molecule has 5 nitrogen and oxygen atoms in total. The highest BCUT2D eigenvalue weighted by Gasteiger charge is 2.05. The highest BCUT2D eigenvalue weighted by Crippen LogP contribution is 2.29. The lowest BCUT2D eigenvalue weighted by atomic mass is 10.1. The van der Waals surface area contributed by atoms with Crippen LogP contribution in [-0.4, -0.2) is 20.2 Å². The molecule has 2 aromatic carbocycles. The van der Waals surface area contributed by atoms with E-state index in [1.54, 1.807) is 14.2 Å². The van der Waals surface area contributed by atoms with E-state index in [0.717, 1.165) is 11.3 Å². The molecule has 0 fully saturated rings. The Kier molecular flexibility index (Phi) is 7.67. The highest BCUT2D eigenvalue weighted by molar-refractivity contribution is 14.0. The van der Waals surface area contributed by atoms with Crippen LogP contribution in [0.25, 0.3) is 0 Å². The van der Waals surface area contributed by atoms with E-state index >= 15 is 0 Å². The molecule has 23 heavy (non-hydrogen) atoms. The number of anilines is 1. The van der Waals surface area contributed by atoms with Crippen LogP contribution in [0.15, 0.2) is 47.5 Å². The average molecular weight is 427 g/mol. The minimum absolute atomic E-state index is 0. The second kappa shape index (κ2) is 9.24. The molecule has 0 aliphatic rings. The third-order valence-corrected chi connectivity index (χ3v) is 3.21. The molecule has 0 unspecified atom stereocenters. The fraction of sp³-hybridized carbons (Fsp3) is 0.235. The molecule has 0 saturated heterocycles. The SMILES string of the molecule is COc1ccc(NC(N)=NCc2ccc(C)cc2)cc1OC.I. The number of hydrogen-bond acceptors (Lipinski definition) is 3. The Hall–Kier alpha value is -1.96. The Morgan fingerprint density at radius 2 is 1.70 bits per heavy atom. The second-order valence-corrected chi connectivity index (χ2v) is 4.88. The summed E-state index contributed by atoms with van der Waals surface area (Å²) in [6.07, 6.45) is 0. The Morgan fingerprint density at radius 1 is 1.04 bits per heavy atom. The van der Waals surface area contributed by atoms with Crippen molar-refractivity contribution in [1.29, 1.82) is 0 Å². The molecule has 6 heteroatoms. The van der Waals surface area contributed by atoms with Crippen LogP contribution in [0.1, 0.15) is 11.1 Å². The van der Waals surface area contributed by atoms with E-state index in [4.69, 9.17) is 15.2 Å². The molecule has 2 aromatic rings. The fourth-order valence-electron chi connectivity index (χ4n) is 1.97. The van der Waals surface area contributed by atoms with Gasteiger partial charge in [-0.2, -0.15) is 0 Å². The number of aliphatic imine (C=N–C) groups is 1. The van der Waals surface area contributed by atoms with E-state index in [2.05, 4.69) is 29.4 Å². The number of aryl methyl sites for hydroxylation is 1. The minimum atomic E-state index is 0. The molecule has 3 N–H and O–H groups in total. The number of nitrogens with zero attached hydrogens (tertiary/aromatic N) is 1. The Morgan fingerprint density at radius 3 is 2.30 bits per heavy atom. The smallest absolute Gasteiger partial charge is 0.193 e. The summed E-state index contributed by atoms with van der Waals surface area (Å²) in [6.45, 7) is 2.59. The summed E-state index contributed by atoms with van der Waals surface area (Å²) in [7, 11) is 3.19. The number of ether oxygens (including phenoxy) is 2. The van der Waals surface area contributed by atoms with Crippen molar-refractivity contribution >= 4 is 35.6 Å². The first-order valence-electron chi connectivity index (χ1n) is 6.97. The summed E-state index contributed by atoms with van der Waals surface area (Å²) in [5.41, 5.74) is 9.05. The van der Waals surface area contributed by atoms with Crippen LogP contribution in [-0.2, 0) is 6.54 Å². The number of hydrogen-bond donors (Lipinski definition) is 2. The molecular formula is C17H22IN3O2. The topological polar surface area (TPSA) is 68.9 Å². The molecule has 0 aromatic heterocycles. The Labute approximate surface area is 153 Å². The summed E-state index contributed by atoms with van der Waals surface area (Å²) in [5.74, 6) is 1.66. The fourth-order valence-corrected chi connectivity index (χ4v) is 1.97. The van der Waals surface area contributed by atoms with Crippen LogP contribution < -0.4 is 20.5 Å². The summed E-state index contributed by atoms with van der Waals surface area (Å²) >= 11 is 0. The maximum absolute atomic E-state index is 5.91. The Balaban J connectivity index is 0.00000264. The van der Waals surface area contributed by atoms with E-state index in [9.17, 15) is 0 Å². The number of rotatable bonds is 5. The first-order valence-corrected chi connectivity index (χ1v) is 6.97. The molecule has 0 aliphatic carbocycles. The van der Waals surface area contributed by atoms with Crippen LogP contribution in [0.2, 0.25) is 0 Å². The van der Waals surface area contributed by atoms with Gasteiger partial charge in [0.15, 0.2) is 17.5 Å². The molecule has 124 valence electrons. The molecule has 2 rings (SSSR count). The molecular weight excluding hydrogens is 405 g/mol. The van der Waals surface area contributed by atoms with Crippen LogP contribution in [0.4, 0.5) is 5.69 Å². The van der Waals surface area contributed by atoms with E-state index in [1.807, 2.05) is 30.3 Å². The summed E-state index contributed by atoms with van der Waals surface area (Å²) in [6, 6.07) is 13.7. The summed E-state index contributed by atoms with van der Waals surface area (Å²) in [4.78, 5) is 4.33. The average Bonchev–Trinajstić information content (AvgIpc) is 2.54. The van der Waals surface area contributed by atoms with Gasteiger partial charge >= 0.3 is 0 Å². The number of nitrogens with one attached hydrogen (secondary N) is 1. The van der Waals surface area contributed by atoms with Gasteiger partial charge in [-0.15, -0.1) is 24.0 Å². The van der Waals surface area contributed by atoms with E-state index in [1.165, 1.54) is 5.56 Å². The van der Waals surface area contributed by atoms with Crippen LogP contribution in [0, 0.1) is 6.92 Å². The molecule has 0 amide bonds. The molecule has 0 atom stereocenters. The quantitative estimate of drug-likeness (QED) is 0.435. The third kappa shape index (κ3) is 5.63. The van der Waals surface area contributed by atoms with Gasteiger partial charge in [0.05, 0.1) is 20.8 Å². The maximum atomic E-state index is 5.91. The van der Waals surface area contributed by atoms with E-state index in [-0.39, 0.29) is 24.0 Å². The first-order chi connectivity index (χ1) is 10.6. The first kappa shape index (κ1) is 19.1. The number of nitrogens with two attached hydrogens (primary N) is 1. The molecule has 0 bridgehead atoms. The van der Waals surface area contributed by atoms with Crippen LogP contribution >= 0.6 is 24.0 Å². The van der Waals surface area contributed by atoms with Gasteiger partial charge in [0.2, 0.25) is 0 Å². The van der Waals surface area contributed by atoms with Gasteiger partial charge in [-0.05, 0) is 24.6 Å². The maximum Gasteiger partial charge on any atom is 0.193 e. The predicted molar refractivity (Wildman–Crippen MR) is 105 cm³/mol. The minimum Gasteiger partial charge on any atom is -0.493 e. The third-order valence-electron chi connectivity index (χ3n) is 3.21. The van der Waals surface area contributed by atoms with Gasteiger partial charge < -0.3 is 20.5 Å². The summed E-state index contributed by atoms with van der Waals surface area (Å²) in [5, 5.41) is 3.04. The lowest BCUT2D eigenvalue weighted by Gasteiger charge is -2.11. The standard InChI is InChI=1S/C17H21N3O2.HI/c1-12-4-6-13(7-5-12)11-19-17(18)20-14-8-9-15(21-2)16(10-14)22-3;/h4-10H,11H2,1-3H3,(H3,18,19,20);1H. The molecule has 0 aliphatic heterocycles. The van der Waals surface area contributed by atoms with Gasteiger partial charge in [0, 0.05) is 11.8 Å². The van der Waals surface area contributed by atoms with Crippen molar-refractivity contribution in [1.82, 2.24) is 0 Å². The number of guanidine groups is 1. The molecule has 0 heterocycles. The largest absolute Gasteiger partial charge is 0.493 e. The van der Waals surface area contributed by atoms with Gasteiger partial charge in [-0.3, -0.25) is 0 Å². The van der Waals surface area contributed by atoms with Gasteiger partial charge in [0.25, 0.3) is 0 Å². The van der Waals surface area contributed by atoms with Crippen molar-refractivity contribution in [3.63, 3.8) is 0 Å². The van der Waals surface area contributed by atoms with Gasteiger partial charge in [-0.25, -0.2) is 4.99 Å². The summed E-state index contributed by atoms with van der Waals surface area (Å²) < 4.78 is 10.5.